The first-order chi connectivity index (χ1) is 10.8. The van der Waals surface area contributed by atoms with Gasteiger partial charge < -0.3 is 4.74 Å². The van der Waals surface area contributed by atoms with Crippen molar-refractivity contribution in [3.8, 4) is 0 Å². The Morgan fingerprint density at radius 1 is 1.22 bits per heavy atom. The smallest absolute Gasteiger partial charge is 0.350 e. The number of carbonyl (C=O) groups is 2. The van der Waals surface area contributed by atoms with Crippen LogP contribution in [-0.4, -0.2) is 28.5 Å². The minimum atomic E-state index is -0.421. The summed E-state index contributed by atoms with van der Waals surface area (Å²) in [6.45, 7) is 9.68. The molecule has 0 aromatic carbocycles. The van der Waals surface area contributed by atoms with Crippen molar-refractivity contribution in [2.75, 3.05) is 11.9 Å². The van der Waals surface area contributed by atoms with Crippen LogP contribution in [0.25, 0.3) is 0 Å². The molecule has 0 aliphatic carbocycles. The van der Waals surface area contributed by atoms with Crippen LogP contribution in [0.5, 0.6) is 0 Å². The predicted molar refractivity (Wildman–Crippen MR) is 91.7 cm³/mol. The van der Waals surface area contributed by atoms with Gasteiger partial charge in [0.05, 0.1) is 17.3 Å². The third-order valence-electron chi connectivity index (χ3n) is 2.98. The third kappa shape index (κ3) is 3.94. The summed E-state index contributed by atoms with van der Waals surface area (Å²) in [5.41, 5.74) is 0.968. The minimum absolute atomic E-state index is 0.218. The fourth-order valence-electron chi connectivity index (χ4n) is 1.99. The van der Waals surface area contributed by atoms with Gasteiger partial charge in [0.25, 0.3) is 5.91 Å². The number of aryl methyl sites for hydroxylation is 2. The summed E-state index contributed by atoms with van der Waals surface area (Å²) in [5.74, 6) is -0.507. The monoisotopic (exact) mass is 353 g/mol. The van der Waals surface area contributed by atoms with Crippen LogP contribution in [0.15, 0.2) is 0 Å². The highest BCUT2D eigenvalue weighted by atomic mass is 32.1. The Kier molecular flexibility index (Phi) is 5.48. The van der Waals surface area contributed by atoms with E-state index in [1.54, 1.807) is 13.8 Å². The summed E-state index contributed by atoms with van der Waals surface area (Å²) in [6.07, 6.45) is 0. The molecule has 0 unspecified atom stereocenters. The topological polar surface area (TPSA) is 81.2 Å². The Hall–Kier alpha value is -1.80. The van der Waals surface area contributed by atoms with Crippen LogP contribution < -0.4 is 5.32 Å². The van der Waals surface area contributed by atoms with Crippen LogP contribution in [0.2, 0.25) is 0 Å². The number of anilines is 1. The maximum atomic E-state index is 12.5. The minimum Gasteiger partial charge on any atom is -0.462 e. The number of aromatic nitrogens is 2. The van der Waals surface area contributed by atoms with Crippen LogP contribution in [0, 0.1) is 13.8 Å². The van der Waals surface area contributed by atoms with Gasteiger partial charge in [0, 0.05) is 4.88 Å². The fourth-order valence-corrected chi connectivity index (χ4v) is 3.77. The van der Waals surface area contributed by atoms with Crippen molar-refractivity contribution < 1.29 is 14.3 Å². The van der Waals surface area contributed by atoms with Crippen molar-refractivity contribution in [1.29, 1.82) is 0 Å². The number of nitrogens with one attached hydrogen (secondary N) is 1. The molecule has 0 atom stereocenters. The van der Waals surface area contributed by atoms with Crippen molar-refractivity contribution >= 4 is 39.7 Å². The van der Waals surface area contributed by atoms with Crippen molar-refractivity contribution in [2.45, 2.75) is 40.5 Å². The van der Waals surface area contributed by atoms with E-state index in [1.807, 2.05) is 20.8 Å². The molecule has 0 saturated heterocycles. The van der Waals surface area contributed by atoms with Crippen LogP contribution in [0.3, 0.4) is 0 Å². The zero-order valence-corrected chi connectivity index (χ0v) is 15.4. The molecule has 0 spiro atoms. The Morgan fingerprint density at radius 3 is 2.52 bits per heavy atom. The largest absolute Gasteiger partial charge is 0.462 e. The highest BCUT2D eigenvalue weighted by molar-refractivity contribution is 7.17. The van der Waals surface area contributed by atoms with Gasteiger partial charge in [0.1, 0.15) is 10.6 Å². The quantitative estimate of drug-likeness (QED) is 0.828. The molecule has 1 N–H and O–H groups in total. The lowest BCUT2D eigenvalue weighted by Gasteiger charge is -2.04. The second-order valence-electron chi connectivity index (χ2n) is 5.21. The number of thiazole rings is 2. The lowest BCUT2D eigenvalue weighted by Crippen LogP contribution is -2.14. The van der Waals surface area contributed by atoms with Gasteiger partial charge in [0.2, 0.25) is 0 Å². The van der Waals surface area contributed by atoms with E-state index >= 15 is 0 Å². The molecule has 0 fully saturated rings. The van der Waals surface area contributed by atoms with Gasteiger partial charge in [-0.1, -0.05) is 25.2 Å². The number of rotatable bonds is 5. The van der Waals surface area contributed by atoms with Gasteiger partial charge in [-0.15, -0.1) is 11.3 Å². The Bertz CT molecular complexity index is 734. The first-order valence-electron chi connectivity index (χ1n) is 7.26. The predicted octanol–water partition coefficient (Wildman–Crippen LogP) is 3.77. The SMILES string of the molecule is CCOC(=O)c1sc(NC(=O)c2nc(C)sc2C(C)C)nc1C. The van der Waals surface area contributed by atoms with Gasteiger partial charge >= 0.3 is 5.97 Å². The van der Waals surface area contributed by atoms with Crippen molar-refractivity contribution in [1.82, 2.24) is 9.97 Å². The summed E-state index contributed by atoms with van der Waals surface area (Å²) in [6, 6.07) is 0. The second-order valence-corrected chi connectivity index (χ2v) is 7.44. The van der Waals surface area contributed by atoms with Crippen LogP contribution in [0.4, 0.5) is 5.13 Å². The number of ether oxygens (including phenoxy) is 1. The molecule has 6 nitrogen and oxygen atoms in total. The van der Waals surface area contributed by atoms with E-state index in [2.05, 4.69) is 15.3 Å². The van der Waals surface area contributed by atoms with E-state index in [9.17, 15) is 9.59 Å². The molecule has 2 aromatic heterocycles. The normalized spacial score (nSPS) is 10.9. The van der Waals surface area contributed by atoms with Gasteiger partial charge in [-0.3, -0.25) is 10.1 Å². The molecule has 0 aliphatic rings. The molecule has 1 amide bonds. The number of hydrogen-bond acceptors (Lipinski definition) is 7. The zero-order valence-electron chi connectivity index (χ0n) is 13.7. The lowest BCUT2D eigenvalue weighted by molar-refractivity contribution is 0.0531. The Labute approximate surface area is 142 Å². The van der Waals surface area contributed by atoms with Gasteiger partial charge in [-0.05, 0) is 26.7 Å². The molecular weight excluding hydrogens is 334 g/mol. The van der Waals surface area contributed by atoms with E-state index in [4.69, 9.17) is 4.74 Å². The van der Waals surface area contributed by atoms with Gasteiger partial charge in [-0.25, -0.2) is 14.8 Å². The first kappa shape index (κ1) is 17.6. The maximum absolute atomic E-state index is 12.5. The van der Waals surface area contributed by atoms with Crippen molar-refractivity contribution in [3.05, 3.63) is 26.1 Å². The van der Waals surface area contributed by atoms with Gasteiger partial charge in [0.15, 0.2) is 5.13 Å². The van der Waals surface area contributed by atoms with E-state index in [-0.39, 0.29) is 11.8 Å². The summed E-state index contributed by atoms with van der Waals surface area (Å²) in [5, 5.41) is 3.95. The molecule has 0 bridgehead atoms. The number of hydrogen-bond donors (Lipinski definition) is 1. The average molecular weight is 353 g/mol. The number of carbonyl (C=O) groups excluding carboxylic acids is 2. The van der Waals surface area contributed by atoms with Crippen LogP contribution in [-0.2, 0) is 4.74 Å². The molecular formula is C15H19N3O3S2. The molecule has 23 heavy (non-hydrogen) atoms. The van der Waals surface area contributed by atoms with Crippen LogP contribution in [0.1, 0.15) is 62.4 Å². The maximum Gasteiger partial charge on any atom is 0.350 e. The van der Waals surface area contributed by atoms with Crippen molar-refractivity contribution in [2.24, 2.45) is 0 Å². The first-order valence-corrected chi connectivity index (χ1v) is 8.90. The number of nitrogens with zero attached hydrogens (tertiary/aromatic N) is 2. The number of esters is 1. The molecule has 0 saturated carbocycles. The third-order valence-corrected chi connectivity index (χ3v) is 5.30. The summed E-state index contributed by atoms with van der Waals surface area (Å²) >= 11 is 2.63. The fraction of sp³-hybridized carbons (Fsp3) is 0.467. The molecule has 124 valence electrons. The molecule has 8 heteroatoms. The summed E-state index contributed by atoms with van der Waals surface area (Å²) in [4.78, 5) is 34.1. The highest BCUT2D eigenvalue weighted by Gasteiger charge is 2.22. The van der Waals surface area contributed by atoms with E-state index in [0.717, 1.165) is 21.2 Å². The molecule has 0 radical (unpaired) electrons. The van der Waals surface area contributed by atoms with Crippen molar-refractivity contribution in [3.63, 3.8) is 0 Å². The second kappa shape index (κ2) is 7.18. The van der Waals surface area contributed by atoms with E-state index in [1.165, 1.54) is 11.3 Å². The zero-order chi connectivity index (χ0) is 17.1. The number of amides is 1. The van der Waals surface area contributed by atoms with E-state index < -0.39 is 5.97 Å². The molecule has 2 aromatic rings. The summed E-state index contributed by atoms with van der Waals surface area (Å²) in [7, 11) is 0. The molecule has 2 rings (SSSR count). The van der Waals surface area contributed by atoms with Gasteiger partial charge in [-0.2, -0.15) is 0 Å². The van der Waals surface area contributed by atoms with Crippen LogP contribution >= 0.6 is 22.7 Å². The summed E-state index contributed by atoms with van der Waals surface area (Å²) < 4.78 is 4.97. The lowest BCUT2D eigenvalue weighted by atomic mass is 10.1. The Balaban J connectivity index is 2.21. The average Bonchev–Trinajstić information content (AvgIpc) is 3.02. The molecule has 2 heterocycles. The molecule has 0 aliphatic heterocycles. The standard InChI is InChI=1S/C15H19N3O3S2/c1-6-21-14(20)12-8(4)16-15(23-12)18-13(19)10-11(7(2)3)22-9(5)17-10/h7H,6H2,1-5H3,(H,16,18,19). The highest BCUT2D eigenvalue weighted by Crippen LogP contribution is 2.28. The Morgan fingerprint density at radius 2 is 1.91 bits per heavy atom. The van der Waals surface area contributed by atoms with E-state index in [0.29, 0.717) is 28.0 Å².